The summed E-state index contributed by atoms with van der Waals surface area (Å²) in [6, 6.07) is 3.79. The third-order valence-corrected chi connectivity index (χ3v) is 2.77. The average Bonchev–Trinajstić information content (AvgIpc) is 2.20. The third-order valence-electron chi connectivity index (χ3n) is 2.38. The highest BCUT2D eigenvalue weighted by atomic mass is 35.5. The van der Waals surface area contributed by atoms with Crippen LogP contribution in [-0.2, 0) is 0 Å². The van der Waals surface area contributed by atoms with Crippen LogP contribution in [0, 0.1) is 6.92 Å². The zero-order valence-electron chi connectivity index (χ0n) is 8.67. The van der Waals surface area contributed by atoms with E-state index in [1.807, 2.05) is 26.0 Å². The highest BCUT2D eigenvalue weighted by molar-refractivity contribution is 6.31. The lowest BCUT2D eigenvalue weighted by atomic mass is 10.0. The smallest absolute Gasteiger partial charge is 0.123 e. The van der Waals surface area contributed by atoms with Crippen LogP contribution in [0.5, 0.6) is 5.75 Å². The molecule has 0 radical (unpaired) electrons. The SMILES string of the molecule is COc1cc(C(C)CO)cc(Cl)c1C. The number of ether oxygens (including phenoxy) is 1. The van der Waals surface area contributed by atoms with Crippen LogP contribution in [0.15, 0.2) is 12.1 Å². The minimum absolute atomic E-state index is 0.0852. The van der Waals surface area contributed by atoms with Crippen molar-refractivity contribution in [3.63, 3.8) is 0 Å². The molecule has 0 aliphatic heterocycles. The summed E-state index contributed by atoms with van der Waals surface area (Å²) in [6.45, 7) is 3.97. The second-order valence-corrected chi connectivity index (χ2v) is 3.82. The van der Waals surface area contributed by atoms with Gasteiger partial charge in [0.1, 0.15) is 5.75 Å². The lowest BCUT2D eigenvalue weighted by Crippen LogP contribution is -2.00. The number of rotatable bonds is 3. The van der Waals surface area contributed by atoms with Crippen LogP contribution >= 0.6 is 11.6 Å². The fourth-order valence-corrected chi connectivity index (χ4v) is 1.49. The van der Waals surface area contributed by atoms with Crippen molar-refractivity contribution < 1.29 is 9.84 Å². The monoisotopic (exact) mass is 214 g/mol. The zero-order chi connectivity index (χ0) is 10.7. The first-order valence-corrected chi connectivity index (χ1v) is 4.92. The van der Waals surface area contributed by atoms with Gasteiger partial charge in [-0.2, -0.15) is 0 Å². The van der Waals surface area contributed by atoms with Crippen molar-refractivity contribution >= 4 is 11.6 Å². The quantitative estimate of drug-likeness (QED) is 0.839. The highest BCUT2D eigenvalue weighted by Gasteiger charge is 2.10. The number of methoxy groups -OCH3 is 1. The van der Waals surface area contributed by atoms with Crippen LogP contribution in [0.4, 0.5) is 0 Å². The molecule has 14 heavy (non-hydrogen) atoms. The Morgan fingerprint density at radius 2 is 2.14 bits per heavy atom. The Kier molecular flexibility index (Phi) is 3.78. The molecule has 1 aromatic rings. The predicted octanol–water partition coefficient (Wildman–Crippen LogP) is 2.75. The van der Waals surface area contributed by atoms with E-state index in [0.29, 0.717) is 5.02 Å². The minimum atomic E-state index is 0.0852. The molecule has 1 rings (SSSR count). The zero-order valence-corrected chi connectivity index (χ0v) is 9.43. The largest absolute Gasteiger partial charge is 0.496 e. The fraction of sp³-hybridized carbons (Fsp3) is 0.455. The minimum Gasteiger partial charge on any atom is -0.496 e. The van der Waals surface area contributed by atoms with Gasteiger partial charge in [0, 0.05) is 23.1 Å². The van der Waals surface area contributed by atoms with Gasteiger partial charge >= 0.3 is 0 Å². The molecular weight excluding hydrogens is 200 g/mol. The number of aliphatic hydroxyl groups is 1. The summed E-state index contributed by atoms with van der Waals surface area (Å²) in [7, 11) is 1.62. The Morgan fingerprint density at radius 3 is 2.64 bits per heavy atom. The van der Waals surface area contributed by atoms with E-state index < -0.39 is 0 Å². The van der Waals surface area contributed by atoms with Crippen molar-refractivity contribution in [3.8, 4) is 5.75 Å². The first-order chi connectivity index (χ1) is 6.60. The van der Waals surface area contributed by atoms with Crippen molar-refractivity contribution in [2.75, 3.05) is 13.7 Å². The van der Waals surface area contributed by atoms with Crippen LogP contribution in [0.1, 0.15) is 24.0 Å². The number of aliphatic hydroxyl groups excluding tert-OH is 1. The van der Waals surface area contributed by atoms with Crippen molar-refractivity contribution in [3.05, 3.63) is 28.3 Å². The normalized spacial score (nSPS) is 12.6. The summed E-state index contributed by atoms with van der Waals surface area (Å²) in [5.41, 5.74) is 1.93. The van der Waals surface area contributed by atoms with E-state index in [9.17, 15) is 0 Å². The molecule has 78 valence electrons. The molecule has 0 saturated carbocycles. The van der Waals surface area contributed by atoms with Gasteiger partial charge in [-0.15, -0.1) is 0 Å². The molecule has 0 spiro atoms. The van der Waals surface area contributed by atoms with E-state index in [-0.39, 0.29) is 12.5 Å². The van der Waals surface area contributed by atoms with Crippen LogP contribution in [0.2, 0.25) is 5.02 Å². The molecule has 1 atom stereocenters. The maximum absolute atomic E-state index is 9.03. The molecular formula is C11H15ClO2. The van der Waals surface area contributed by atoms with E-state index in [0.717, 1.165) is 16.9 Å². The number of benzene rings is 1. The van der Waals surface area contributed by atoms with Gasteiger partial charge in [0.15, 0.2) is 0 Å². The lowest BCUT2D eigenvalue weighted by Gasteiger charge is -2.13. The summed E-state index contributed by atoms with van der Waals surface area (Å²) in [5, 5.41) is 9.71. The molecule has 1 unspecified atom stereocenters. The Labute approximate surface area is 89.5 Å². The van der Waals surface area contributed by atoms with Gasteiger partial charge in [-0.3, -0.25) is 0 Å². The van der Waals surface area contributed by atoms with Crippen LogP contribution < -0.4 is 4.74 Å². The van der Waals surface area contributed by atoms with Crippen molar-refractivity contribution in [1.29, 1.82) is 0 Å². The molecule has 0 fully saturated rings. The molecule has 0 aliphatic carbocycles. The van der Waals surface area contributed by atoms with Crippen molar-refractivity contribution in [2.24, 2.45) is 0 Å². The first kappa shape index (κ1) is 11.3. The summed E-state index contributed by atoms with van der Waals surface area (Å²) in [6.07, 6.45) is 0. The van der Waals surface area contributed by atoms with Gasteiger partial charge in [-0.25, -0.2) is 0 Å². The van der Waals surface area contributed by atoms with Gasteiger partial charge in [0.25, 0.3) is 0 Å². The Balaban J connectivity index is 3.16. The molecule has 0 bridgehead atoms. The average molecular weight is 215 g/mol. The first-order valence-electron chi connectivity index (χ1n) is 4.55. The molecule has 0 saturated heterocycles. The Bertz CT molecular complexity index is 323. The van der Waals surface area contributed by atoms with E-state index >= 15 is 0 Å². The molecule has 0 aromatic heterocycles. The van der Waals surface area contributed by atoms with Crippen LogP contribution in [-0.4, -0.2) is 18.8 Å². The van der Waals surface area contributed by atoms with Crippen molar-refractivity contribution in [1.82, 2.24) is 0 Å². The van der Waals surface area contributed by atoms with E-state index in [2.05, 4.69) is 0 Å². The topological polar surface area (TPSA) is 29.5 Å². The van der Waals surface area contributed by atoms with Crippen LogP contribution in [0.25, 0.3) is 0 Å². The summed E-state index contributed by atoms with van der Waals surface area (Å²) in [4.78, 5) is 0. The van der Waals surface area contributed by atoms with E-state index in [4.69, 9.17) is 21.4 Å². The molecule has 0 amide bonds. The van der Waals surface area contributed by atoms with Gasteiger partial charge in [-0.1, -0.05) is 18.5 Å². The Morgan fingerprint density at radius 1 is 1.50 bits per heavy atom. The molecule has 3 heteroatoms. The van der Waals surface area contributed by atoms with Gasteiger partial charge in [0.2, 0.25) is 0 Å². The maximum Gasteiger partial charge on any atom is 0.123 e. The Hall–Kier alpha value is -0.730. The van der Waals surface area contributed by atoms with Gasteiger partial charge in [0.05, 0.1) is 7.11 Å². The van der Waals surface area contributed by atoms with Crippen LogP contribution in [0.3, 0.4) is 0 Å². The standard InChI is InChI=1S/C11H15ClO2/c1-7(6-13)9-4-10(12)8(2)11(5-9)14-3/h4-5,7,13H,6H2,1-3H3. The van der Waals surface area contributed by atoms with Gasteiger partial charge in [-0.05, 0) is 24.6 Å². The molecule has 1 aromatic carbocycles. The molecule has 2 nitrogen and oxygen atoms in total. The second kappa shape index (κ2) is 4.67. The van der Waals surface area contributed by atoms with E-state index in [1.54, 1.807) is 7.11 Å². The molecule has 1 N–H and O–H groups in total. The van der Waals surface area contributed by atoms with Gasteiger partial charge < -0.3 is 9.84 Å². The lowest BCUT2D eigenvalue weighted by molar-refractivity contribution is 0.273. The number of hydrogen-bond donors (Lipinski definition) is 1. The summed E-state index contributed by atoms with van der Waals surface area (Å²) >= 11 is 6.04. The third kappa shape index (κ3) is 2.20. The number of halogens is 1. The summed E-state index contributed by atoms with van der Waals surface area (Å²) in [5.74, 6) is 0.856. The highest BCUT2D eigenvalue weighted by Crippen LogP contribution is 2.30. The fourth-order valence-electron chi connectivity index (χ4n) is 1.28. The molecule has 0 aliphatic rings. The van der Waals surface area contributed by atoms with Crippen molar-refractivity contribution in [2.45, 2.75) is 19.8 Å². The number of hydrogen-bond acceptors (Lipinski definition) is 2. The molecule has 0 heterocycles. The maximum atomic E-state index is 9.03. The second-order valence-electron chi connectivity index (χ2n) is 3.41. The van der Waals surface area contributed by atoms with E-state index in [1.165, 1.54) is 0 Å². The predicted molar refractivity (Wildman–Crippen MR) is 58.2 cm³/mol. The summed E-state index contributed by atoms with van der Waals surface area (Å²) < 4.78 is 5.20.